The number of carbonyl (C=O) groups excluding carboxylic acids is 1. The zero-order valence-corrected chi connectivity index (χ0v) is 13.5. The fourth-order valence-corrected chi connectivity index (χ4v) is 3.03. The van der Waals surface area contributed by atoms with Crippen LogP contribution in [0.3, 0.4) is 0 Å². The number of para-hydroxylation sites is 1. The molecule has 1 aliphatic carbocycles. The van der Waals surface area contributed by atoms with Gasteiger partial charge in [-0.1, -0.05) is 18.2 Å². The molecule has 3 rings (SSSR count). The molecule has 1 fully saturated rings. The molecule has 1 aromatic carbocycles. The topological polar surface area (TPSA) is 76.4 Å². The third kappa shape index (κ3) is 4.35. The molecule has 0 aliphatic heterocycles. The van der Waals surface area contributed by atoms with Gasteiger partial charge in [0.2, 0.25) is 5.91 Å². The second-order valence-electron chi connectivity index (χ2n) is 6.15. The molecule has 0 saturated heterocycles. The van der Waals surface area contributed by atoms with Crippen molar-refractivity contribution < 1.29 is 14.6 Å². The summed E-state index contributed by atoms with van der Waals surface area (Å²) < 4.78 is 7.72. The van der Waals surface area contributed by atoms with E-state index in [1.54, 1.807) is 12.5 Å². The molecule has 6 heteroatoms. The lowest BCUT2D eigenvalue weighted by Crippen LogP contribution is -2.37. The van der Waals surface area contributed by atoms with Crippen molar-refractivity contribution in [3.63, 3.8) is 0 Å². The van der Waals surface area contributed by atoms with Crippen molar-refractivity contribution in [2.75, 3.05) is 6.54 Å². The van der Waals surface area contributed by atoms with Crippen LogP contribution in [0.15, 0.2) is 49.1 Å². The highest BCUT2D eigenvalue weighted by Gasteiger charge is 2.36. The van der Waals surface area contributed by atoms with Crippen LogP contribution in [-0.4, -0.2) is 39.3 Å². The SMILES string of the molecule is O=C(CCn1ccnc1)NC[C@H]1CC[C@@H](Oc2ccccc2)[C@@H]1O. The summed E-state index contributed by atoms with van der Waals surface area (Å²) in [4.78, 5) is 15.9. The van der Waals surface area contributed by atoms with Crippen molar-refractivity contribution in [3.05, 3.63) is 49.1 Å². The monoisotopic (exact) mass is 329 g/mol. The largest absolute Gasteiger partial charge is 0.488 e. The maximum Gasteiger partial charge on any atom is 0.221 e. The lowest BCUT2D eigenvalue weighted by molar-refractivity contribution is -0.121. The molecule has 1 saturated carbocycles. The highest BCUT2D eigenvalue weighted by molar-refractivity contribution is 5.75. The van der Waals surface area contributed by atoms with Crippen molar-refractivity contribution in [2.24, 2.45) is 5.92 Å². The maximum absolute atomic E-state index is 11.9. The molecule has 1 heterocycles. The number of nitrogens with zero attached hydrogens (tertiary/aromatic N) is 2. The number of ether oxygens (including phenoxy) is 1. The molecule has 2 aromatic rings. The molecule has 2 N–H and O–H groups in total. The zero-order chi connectivity index (χ0) is 16.8. The number of aromatic nitrogens is 2. The number of aliphatic hydroxyl groups excluding tert-OH is 1. The number of carbonyl (C=O) groups is 1. The van der Waals surface area contributed by atoms with Crippen LogP contribution in [0.4, 0.5) is 0 Å². The Balaban J connectivity index is 1.40. The Morgan fingerprint density at radius 2 is 2.17 bits per heavy atom. The lowest BCUT2D eigenvalue weighted by atomic mass is 10.1. The molecular formula is C18H23N3O3. The maximum atomic E-state index is 11.9. The van der Waals surface area contributed by atoms with E-state index in [0.29, 0.717) is 19.5 Å². The minimum Gasteiger partial charge on any atom is -0.488 e. The number of rotatable bonds is 7. The first-order chi connectivity index (χ1) is 11.7. The summed E-state index contributed by atoms with van der Waals surface area (Å²) in [6.45, 7) is 1.09. The van der Waals surface area contributed by atoms with Gasteiger partial charge in [-0.05, 0) is 25.0 Å². The number of benzene rings is 1. The van der Waals surface area contributed by atoms with Gasteiger partial charge < -0.3 is 19.7 Å². The minimum atomic E-state index is -0.556. The predicted molar refractivity (Wildman–Crippen MR) is 89.4 cm³/mol. The normalized spacial score (nSPS) is 23.1. The van der Waals surface area contributed by atoms with Crippen LogP contribution < -0.4 is 10.1 Å². The lowest BCUT2D eigenvalue weighted by Gasteiger charge is -2.21. The van der Waals surface area contributed by atoms with E-state index in [1.807, 2.05) is 41.1 Å². The van der Waals surface area contributed by atoms with Crippen molar-refractivity contribution in [2.45, 2.75) is 38.0 Å². The van der Waals surface area contributed by atoms with Crippen molar-refractivity contribution in [3.8, 4) is 5.75 Å². The molecule has 0 bridgehead atoms. The molecule has 128 valence electrons. The van der Waals surface area contributed by atoms with E-state index < -0.39 is 6.10 Å². The number of aliphatic hydroxyl groups is 1. The first kappa shape index (κ1) is 16.5. The molecule has 0 spiro atoms. The third-order valence-corrected chi connectivity index (χ3v) is 4.43. The Kier molecular flexibility index (Phi) is 5.48. The summed E-state index contributed by atoms with van der Waals surface area (Å²) in [6.07, 6.45) is 6.51. The Hall–Kier alpha value is -2.34. The fourth-order valence-electron chi connectivity index (χ4n) is 3.03. The Morgan fingerprint density at radius 1 is 1.33 bits per heavy atom. The van der Waals surface area contributed by atoms with E-state index in [9.17, 15) is 9.90 Å². The molecule has 1 aromatic heterocycles. The van der Waals surface area contributed by atoms with Gasteiger partial charge in [0, 0.05) is 37.8 Å². The standard InChI is InChI=1S/C18H23N3O3/c22-17(8-10-21-11-9-19-13-21)20-12-14-6-7-16(18(14)23)24-15-4-2-1-3-5-15/h1-5,9,11,13-14,16,18,23H,6-8,10,12H2,(H,20,22)/t14-,16-,18-/m1/s1. The van der Waals surface area contributed by atoms with E-state index in [0.717, 1.165) is 18.6 Å². The molecule has 0 unspecified atom stereocenters. The van der Waals surface area contributed by atoms with Gasteiger partial charge in [-0.2, -0.15) is 0 Å². The van der Waals surface area contributed by atoms with Crippen LogP contribution in [0.2, 0.25) is 0 Å². The average molecular weight is 329 g/mol. The molecule has 24 heavy (non-hydrogen) atoms. The summed E-state index contributed by atoms with van der Waals surface area (Å²) in [5, 5.41) is 13.3. The molecule has 3 atom stereocenters. The summed E-state index contributed by atoms with van der Waals surface area (Å²) >= 11 is 0. The number of hydrogen-bond donors (Lipinski definition) is 2. The zero-order valence-electron chi connectivity index (χ0n) is 13.5. The Bertz CT molecular complexity index is 630. The Labute approximate surface area is 141 Å². The smallest absolute Gasteiger partial charge is 0.221 e. The number of aryl methyl sites for hydroxylation is 1. The van der Waals surface area contributed by atoms with E-state index >= 15 is 0 Å². The highest BCUT2D eigenvalue weighted by Crippen LogP contribution is 2.29. The number of imidazole rings is 1. The number of nitrogens with one attached hydrogen (secondary N) is 1. The first-order valence-corrected chi connectivity index (χ1v) is 8.34. The van der Waals surface area contributed by atoms with Gasteiger partial charge in [0.25, 0.3) is 0 Å². The van der Waals surface area contributed by atoms with Gasteiger partial charge in [-0.15, -0.1) is 0 Å². The van der Waals surface area contributed by atoms with E-state index in [1.165, 1.54) is 0 Å². The van der Waals surface area contributed by atoms with Crippen LogP contribution in [0.1, 0.15) is 19.3 Å². The average Bonchev–Trinajstić information content (AvgIpc) is 3.23. The molecule has 1 aliphatic rings. The summed E-state index contributed by atoms with van der Waals surface area (Å²) in [6, 6.07) is 9.53. The van der Waals surface area contributed by atoms with E-state index in [4.69, 9.17) is 4.74 Å². The summed E-state index contributed by atoms with van der Waals surface area (Å²) in [5.74, 6) is 0.797. The van der Waals surface area contributed by atoms with Crippen molar-refractivity contribution in [1.82, 2.24) is 14.9 Å². The number of hydrogen-bond acceptors (Lipinski definition) is 4. The van der Waals surface area contributed by atoms with Crippen LogP contribution in [0, 0.1) is 5.92 Å². The molecular weight excluding hydrogens is 306 g/mol. The van der Waals surface area contributed by atoms with E-state index in [-0.39, 0.29) is 17.9 Å². The van der Waals surface area contributed by atoms with Gasteiger partial charge in [-0.3, -0.25) is 4.79 Å². The van der Waals surface area contributed by atoms with Crippen molar-refractivity contribution >= 4 is 5.91 Å². The van der Waals surface area contributed by atoms with Crippen LogP contribution in [0.25, 0.3) is 0 Å². The predicted octanol–water partition coefficient (Wildman–Crippen LogP) is 1.61. The number of amides is 1. The summed E-state index contributed by atoms with van der Waals surface area (Å²) in [7, 11) is 0. The van der Waals surface area contributed by atoms with Gasteiger partial charge in [0.15, 0.2) is 0 Å². The second kappa shape index (κ2) is 7.97. The molecule has 6 nitrogen and oxygen atoms in total. The Morgan fingerprint density at radius 3 is 2.92 bits per heavy atom. The third-order valence-electron chi connectivity index (χ3n) is 4.43. The highest BCUT2D eigenvalue weighted by atomic mass is 16.5. The second-order valence-corrected chi connectivity index (χ2v) is 6.15. The van der Waals surface area contributed by atoms with Gasteiger partial charge in [0.05, 0.1) is 12.4 Å². The van der Waals surface area contributed by atoms with Gasteiger partial charge in [-0.25, -0.2) is 4.98 Å². The van der Waals surface area contributed by atoms with Crippen LogP contribution in [0.5, 0.6) is 5.75 Å². The van der Waals surface area contributed by atoms with Gasteiger partial charge >= 0.3 is 0 Å². The molecule has 1 amide bonds. The van der Waals surface area contributed by atoms with Gasteiger partial charge in [0.1, 0.15) is 11.9 Å². The first-order valence-electron chi connectivity index (χ1n) is 8.34. The minimum absolute atomic E-state index is 0.0108. The van der Waals surface area contributed by atoms with Crippen LogP contribution in [-0.2, 0) is 11.3 Å². The van der Waals surface area contributed by atoms with Crippen LogP contribution >= 0.6 is 0 Å². The molecule has 0 radical (unpaired) electrons. The van der Waals surface area contributed by atoms with Crippen molar-refractivity contribution in [1.29, 1.82) is 0 Å². The summed E-state index contributed by atoms with van der Waals surface area (Å²) in [5.41, 5.74) is 0. The quantitative estimate of drug-likeness (QED) is 0.809. The fraction of sp³-hybridized carbons (Fsp3) is 0.444. The van der Waals surface area contributed by atoms with E-state index in [2.05, 4.69) is 10.3 Å².